The van der Waals surface area contributed by atoms with Crippen LogP contribution in [0.2, 0.25) is 19.6 Å². The van der Waals surface area contributed by atoms with Crippen LogP contribution in [-0.4, -0.2) is 18.0 Å². The van der Waals surface area contributed by atoms with E-state index in [9.17, 15) is 0 Å². The molecule has 0 saturated heterocycles. The molecule has 0 radical (unpaired) electrons. The second-order valence-electron chi connectivity index (χ2n) is 11.6. The van der Waals surface area contributed by atoms with E-state index in [-0.39, 0.29) is 11.1 Å². The van der Waals surface area contributed by atoms with Crippen molar-refractivity contribution in [1.82, 2.24) is 9.97 Å². The monoisotopic (exact) mass is 487 g/mol. The lowest BCUT2D eigenvalue weighted by Crippen LogP contribution is -2.42. The molecule has 3 heterocycles. The molecule has 0 atom stereocenters. The Bertz CT molecular complexity index is 1810. The van der Waals surface area contributed by atoms with Gasteiger partial charge in [-0.05, 0) is 42.8 Å². The number of benzene rings is 2. The molecular weight excluding hydrogens is 446 g/mol. The van der Waals surface area contributed by atoms with Crippen molar-refractivity contribution in [2.24, 2.45) is 12.5 Å². The van der Waals surface area contributed by atoms with Gasteiger partial charge in [0, 0.05) is 46.9 Å². The molecule has 5 rings (SSSR count). The van der Waals surface area contributed by atoms with Gasteiger partial charge in [0.25, 0.3) is 0 Å². The molecule has 0 saturated carbocycles. The normalized spacial score (nSPS) is 15.7. The lowest BCUT2D eigenvalue weighted by molar-refractivity contribution is -0.660. The van der Waals surface area contributed by atoms with Gasteiger partial charge in [-0.15, -0.1) is 0 Å². The van der Waals surface area contributed by atoms with Crippen molar-refractivity contribution in [2.45, 2.75) is 60.6 Å². The van der Waals surface area contributed by atoms with E-state index in [0.717, 1.165) is 38.2 Å². The number of aryl methyl sites for hydroxylation is 3. The molecule has 0 spiro atoms. The highest BCUT2D eigenvalue weighted by Gasteiger charge is 2.25. The van der Waals surface area contributed by atoms with Crippen molar-refractivity contribution >= 4 is 46.4 Å². The van der Waals surface area contributed by atoms with Gasteiger partial charge >= 0.3 is 0 Å². The molecule has 35 heavy (non-hydrogen) atoms. The van der Waals surface area contributed by atoms with Crippen LogP contribution in [0.15, 0.2) is 47.1 Å². The number of furan rings is 1. The first-order chi connectivity index (χ1) is 18.3. The summed E-state index contributed by atoms with van der Waals surface area (Å²) in [6, 6.07) is 9.79. The predicted molar refractivity (Wildman–Crippen MR) is 149 cm³/mol. The van der Waals surface area contributed by atoms with E-state index in [1.165, 1.54) is 0 Å². The van der Waals surface area contributed by atoms with Gasteiger partial charge in [0.2, 0.25) is 5.69 Å². The molecule has 180 valence electrons. The number of hydrogen-bond donors (Lipinski definition) is 0. The fraction of sp³-hybridized carbons (Fsp3) is 0.367. The van der Waals surface area contributed by atoms with Crippen LogP contribution in [0.5, 0.6) is 0 Å². The van der Waals surface area contributed by atoms with E-state index in [0.29, 0.717) is 16.9 Å². The van der Waals surface area contributed by atoms with Crippen LogP contribution in [0.25, 0.3) is 44.1 Å². The van der Waals surface area contributed by atoms with Gasteiger partial charge in [-0.2, -0.15) is 0 Å². The van der Waals surface area contributed by atoms with Crippen LogP contribution in [0.4, 0.5) is 0 Å². The molecule has 0 aliphatic rings. The van der Waals surface area contributed by atoms with Gasteiger partial charge in [-0.3, -0.25) is 0 Å². The Morgan fingerprint density at radius 1 is 1.09 bits per heavy atom. The average Bonchev–Trinajstić information content (AvgIpc) is 3.17. The zero-order chi connectivity index (χ0) is 29.6. The van der Waals surface area contributed by atoms with E-state index in [4.69, 9.17) is 16.3 Å². The van der Waals surface area contributed by atoms with E-state index >= 15 is 0 Å². The number of fused-ring (bicyclic) bond motifs is 4. The molecule has 0 amide bonds. The van der Waals surface area contributed by atoms with Crippen LogP contribution < -0.4 is 10.0 Å². The summed E-state index contributed by atoms with van der Waals surface area (Å²) in [5.41, 5.74) is 4.89. The predicted octanol–water partition coefficient (Wildman–Crippen LogP) is 6.77. The van der Waals surface area contributed by atoms with Crippen LogP contribution in [0.1, 0.15) is 44.3 Å². The molecule has 3 aromatic heterocycles. The first-order valence-corrected chi connectivity index (χ1v) is 15.5. The summed E-state index contributed by atoms with van der Waals surface area (Å²) in [6.07, 6.45) is 1.53. The summed E-state index contributed by atoms with van der Waals surface area (Å²) in [5, 5.41) is 2.81. The second kappa shape index (κ2) is 7.99. The smallest absolute Gasteiger partial charge is 0.216 e. The van der Waals surface area contributed by atoms with Crippen LogP contribution >= 0.6 is 0 Å². The minimum Gasteiger partial charge on any atom is -0.455 e. The Morgan fingerprint density at radius 2 is 1.86 bits per heavy atom. The highest BCUT2D eigenvalue weighted by Crippen LogP contribution is 2.38. The standard InChI is InChI=1S/C30H36N3OSi/c1-18-10-11-22-23-12-21-16-31-29(35(7,8)9)32-24(21)14-26(23)34-28(22)27(18)25-13-20(15-30(3,4)5)19(2)17-33(25)6/h10-14,16-17H,15H2,1-9H3/q+1/i2D3,15D2. The molecule has 5 aromatic rings. The highest BCUT2D eigenvalue weighted by atomic mass is 28.3. The second-order valence-corrected chi connectivity index (χ2v) is 16.5. The number of nitrogens with zero attached hydrogens (tertiary/aromatic N) is 3. The van der Waals surface area contributed by atoms with Crippen molar-refractivity contribution in [3.63, 3.8) is 0 Å². The molecule has 2 aromatic carbocycles. The summed E-state index contributed by atoms with van der Waals surface area (Å²) < 4.78 is 50.8. The van der Waals surface area contributed by atoms with E-state index in [1.54, 1.807) is 44.6 Å². The lowest BCUT2D eigenvalue weighted by atomic mass is 9.86. The van der Waals surface area contributed by atoms with E-state index in [1.807, 2.05) is 31.3 Å². The van der Waals surface area contributed by atoms with Crippen molar-refractivity contribution < 1.29 is 15.8 Å². The molecule has 0 fully saturated rings. The lowest BCUT2D eigenvalue weighted by Gasteiger charge is -2.19. The molecule has 5 heteroatoms. The Hall–Kier alpha value is -3.05. The Labute approximate surface area is 216 Å². The number of aromatic nitrogens is 3. The summed E-state index contributed by atoms with van der Waals surface area (Å²) in [4.78, 5) is 9.52. The van der Waals surface area contributed by atoms with Crippen LogP contribution in [0.3, 0.4) is 0 Å². The van der Waals surface area contributed by atoms with Gasteiger partial charge in [0.1, 0.15) is 31.7 Å². The maximum Gasteiger partial charge on any atom is 0.216 e. The first kappa shape index (κ1) is 18.2. The van der Waals surface area contributed by atoms with Gasteiger partial charge in [0.15, 0.2) is 6.20 Å². The quantitative estimate of drug-likeness (QED) is 0.208. The summed E-state index contributed by atoms with van der Waals surface area (Å²) in [5.74, 6) is 0. The number of hydrogen-bond acceptors (Lipinski definition) is 3. The highest BCUT2D eigenvalue weighted by molar-refractivity contribution is 6.87. The first-order valence-electron chi connectivity index (χ1n) is 14.5. The molecule has 0 unspecified atom stereocenters. The van der Waals surface area contributed by atoms with Crippen molar-refractivity contribution in [3.05, 3.63) is 59.4 Å². The summed E-state index contributed by atoms with van der Waals surface area (Å²) in [6.45, 7) is 11.5. The average molecular weight is 488 g/mol. The topological polar surface area (TPSA) is 42.8 Å². The SMILES string of the molecule is [2H]C([2H])([2H])c1c[n+](C)c(-c2c(C)ccc3c2oc2cc4nc([Si](C)(C)C)ncc4cc23)cc1C([2H])([2H])C(C)(C)C. The van der Waals surface area contributed by atoms with Crippen LogP contribution in [0, 0.1) is 19.2 Å². The molecule has 0 aliphatic carbocycles. The minimum atomic E-state index is -2.47. The fourth-order valence-corrected chi connectivity index (χ4v) is 5.46. The molecular formula is C30H36N3OSi+. The Morgan fingerprint density at radius 3 is 2.54 bits per heavy atom. The third-order valence-corrected chi connectivity index (χ3v) is 7.84. The molecule has 0 N–H and O–H groups in total. The van der Waals surface area contributed by atoms with E-state index in [2.05, 4.69) is 30.7 Å². The Balaban J connectivity index is 1.83. The van der Waals surface area contributed by atoms with Gasteiger partial charge in [0.05, 0.1) is 11.1 Å². The zero-order valence-corrected chi connectivity index (χ0v) is 22.8. The van der Waals surface area contributed by atoms with Crippen molar-refractivity contribution in [1.29, 1.82) is 0 Å². The largest absolute Gasteiger partial charge is 0.455 e. The third kappa shape index (κ3) is 4.27. The molecule has 0 bridgehead atoms. The third-order valence-electron chi connectivity index (χ3n) is 6.26. The number of rotatable bonds is 3. The van der Waals surface area contributed by atoms with E-state index < -0.39 is 26.7 Å². The molecule has 4 nitrogen and oxygen atoms in total. The van der Waals surface area contributed by atoms with Gasteiger partial charge in [-0.25, -0.2) is 14.5 Å². The molecule has 0 aliphatic heterocycles. The maximum atomic E-state index is 8.99. The fourth-order valence-electron chi connectivity index (χ4n) is 4.55. The minimum absolute atomic E-state index is 0.0103. The summed E-state index contributed by atoms with van der Waals surface area (Å²) >= 11 is 0. The van der Waals surface area contributed by atoms with Gasteiger partial charge < -0.3 is 4.42 Å². The van der Waals surface area contributed by atoms with Crippen molar-refractivity contribution in [2.75, 3.05) is 0 Å². The van der Waals surface area contributed by atoms with Crippen LogP contribution in [-0.2, 0) is 13.4 Å². The van der Waals surface area contributed by atoms with Crippen molar-refractivity contribution in [3.8, 4) is 11.3 Å². The summed E-state index contributed by atoms with van der Waals surface area (Å²) in [7, 11) is 0.0997. The Kier molecular flexibility index (Phi) is 4.16. The number of pyridine rings is 1. The van der Waals surface area contributed by atoms with Gasteiger partial charge in [-0.1, -0.05) is 52.5 Å². The zero-order valence-electron chi connectivity index (χ0n) is 26.8. The maximum absolute atomic E-state index is 8.99.